The summed E-state index contributed by atoms with van der Waals surface area (Å²) in [6.07, 6.45) is 20.5. The Morgan fingerprint density at radius 1 is 0.694 bits per heavy atom. The molecule has 3 fully saturated rings. The average Bonchev–Trinajstić information content (AvgIpc) is 3.55. The number of carbonyl (C=O) groups excluding carboxylic acids is 3. The lowest BCUT2D eigenvalue weighted by Crippen LogP contribution is -3.18. The Bertz CT molecular complexity index is 1540. The SMILES string of the molecule is CC(C)CCCC(C)[C@H]1CCC2C3CC=C4C[C@@H](NCCCCC(=O)NCCC(=O)NCCC(=O)NCCCC[C@@H](C(=O)O)[NH+](CC(=O)O)CC(=O)O)CC[C@]4(C)C3CC[C@@]21C. The lowest BCUT2D eigenvalue weighted by atomic mass is 9.47. The highest BCUT2D eigenvalue weighted by Crippen LogP contribution is 2.67. The molecule has 14 nitrogen and oxygen atoms in total. The van der Waals surface area contributed by atoms with E-state index in [1.807, 2.05) is 0 Å². The highest BCUT2D eigenvalue weighted by molar-refractivity contribution is 5.80. The fraction of sp³-hybridized carbons (Fsp3) is 0.833. The van der Waals surface area contributed by atoms with Crippen LogP contribution >= 0.6 is 0 Å². The van der Waals surface area contributed by atoms with Gasteiger partial charge in [-0.3, -0.25) is 14.4 Å². The Labute approximate surface area is 370 Å². The minimum absolute atomic E-state index is 0.0521. The van der Waals surface area contributed by atoms with E-state index < -0.39 is 37.0 Å². The van der Waals surface area contributed by atoms with Crippen LogP contribution in [0.4, 0.5) is 0 Å². The standard InChI is InChI=1S/C48H81N5O9/c1-32(2)11-10-12-33(3)37-17-18-38-36-16-15-34-29-35(19-23-47(34,4)39(36)20-24-48(37,38)5)49-25-9-7-14-41(54)51-27-22-43(56)52-28-21-42(55)50-26-8-6-13-40(46(61)62)53(30-44(57)58)31-45(59)60/h15,32-33,35-40,49H,6-14,16-31H2,1-5H3,(H,50,55)(H,51,54)(H,52,56)(H,57,58)(H,59,60)(H,61,62)/p+1/t33?,35-,36?,37+,38?,39?,40-,47-,48+/m0/s1. The summed E-state index contributed by atoms with van der Waals surface area (Å²) in [5, 5.41) is 39.6. The number of aliphatic carboxylic acids is 3. The van der Waals surface area contributed by atoms with E-state index in [2.05, 4.69) is 62.0 Å². The third kappa shape index (κ3) is 14.8. The van der Waals surface area contributed by atoms with Crippen molar-refractivity contribution in [3.63, 3.8) is 0 Å². The average molecular weight is 873 g/mol. The normalized spacial score (nSPS) is 27.6. The number of fused-ring (bicyclic) bond motifs is 5. The van der Waals surface area contributed by atoms with Gasteiger partial charge in [-0.25, -0.2) is 14.4 Å². The van der Waals surface area contributed by atoms with Crippen molar-refractivity contribution in [3.05, 3.63) is 11.6 Å². The molecule has 4 aliphatic rings. The second kappa shape index (κ2) is 24.5. The monoisotopic (exact) mass is 873 g/mol. The molecule has 0 bridgehead atoms. The number of unbranched alkanes of at least 4 members (excludes halogenated alkanes) is 2. The van der Waals surface area contributed by atoms with Gasteiger partial charge in [0.1, 0.15) is 0 Å². The largest absolute Gasteiger partial charge is 0.477 e. The molecule has 3 amide bonds. The molecule has 0 aromatic rings. The fourth-order valence-corrected chi connectivity index (χ4v) is 12.4. The molecule has 4 unspecified atom stereocenters. The van der Waals surface area contributed by atoms with E-state index in [0.29, 0.717) is 36.1 Å². The summed E-state index contributed by atoms with van der Waals surface area (Å²) in [4.78, 5) is 70.6. The highest BCUT2D eigenvalue weighted by atomic mass is 16.4. The van der Waals surface area contributed by atoms with Crippen molar-refractivity contribution < 1.29 is 49.0 Å². The summed E-state index contributed by atoms with van der Waals surface area (Å²) < 4.78 is 0. The Kier molecular flexibility index (Phi) is 20.2. The molecule has 0 aromatic heterocycles. The zero-order valence-corrected chi connectivity index (χ0v) is 38.7. The van der Waals surface area contributed by atoms with E-state index in [1.54, 1.807) is 5.57 Å². The van der Waals surface area contributed by atoms with Crippen LogP contribution in [-0.4, -0.2) is 102 Å². The maximum Gasteiger partial charge on any atom is 0.362 e. The van der Waals surface area contributed by atoms with Crippen molar-refractivity contribution in [3.8, 4) is 0 Å². The molecule has 0 aromatic carbocycles. The van der Waals surface area contributed by atoms with Crippen LogP contribution in [0.15, 0.2) is 11.6 Å². The summed E-state index contributed by atoms with van der Waals surface area (Å²) >= 11 is 0. The number of carboxylic acids is 3. The summed E-state index contributed by atoms with van der Waals surface area (Å²) in [6, 6.07) is -0.692. The molecular formula is C48H82N5O9+. The van der Waals surface area contributed by atoms with Gasteiger partial charge in [0.05, 0.1) is 0 Å². The molecule has 8 N–H and O–H groups in total. The Balaban J connectivity index is 1.03. The third-order valence-corrected chi connectivity index (χ3v) is 15.7. The van der Waals surface area contributed by atoms with Gasteiger partial charge in [-0.2, -0.15) is 0 Å². The van der Waals surface area contributed by atoms with Gasteiger partial charge >= 0.3 is 17.9 Å². The van der Waals surface area contributed by atoms with E-state index in [4.69, 9.17) is 10.2 Å². The van der Waals surface area contributed by atoms with Gasteiger partial charge in [0.15, 0.2) is 19.1 Å². The maximum atomic E-state index is 12.4. The molecule has 9 atom stereocenters. The second-order valence-corrected chi connectivity index (χ2v) is 20.4. The number of carbonyl (C=O) groups is 6. The molecule has 4 rings (SSSR count). The Morgan fingerprint density at radius 3 is 1.95 bits per heavy atom. The van der Waals surface area contributed by atoms with E-state index in [-0.39, 0.29) is 61.5 Å². The van der Waals surface area contributed by atoms with Gasteiger partial charge in [0.2, 0.25) is 17.7 Å². The Morgan fingerprint density at radius 2 is 1.32 bits per heavy atom. The van der Waals surface area contributed by atoms with Gasteiger partial charge in [-0.1, -0.05) is 65.5 Å². The van der Waals surface area contributed by atoms with Crippen LogP contribution in [0, 0.1) is 46.3 Å². The van der Waals surface area contributed by atoms with Crippen molar-refractivity contribution in [2.75, 3.05) is 39.3 Å². The lowest BCUT2D eigenvalue weighted by molar-refractivity contribution is -0.902. The van der Waals surface area contributed by atoms with Crippen LogP contribution in [0.25, 0.3) is 0 Å². The van der Waals surface area contributed by atoms with Crippen LogP contribution in [0.5, 0.6) is 0 Å². The highest BCUT2D eigenvalue weighted by Gasteiger charge is 2.59. The summed E-state index contributed by atoms with van der Waals surface area (Å²) in [5.74, 6) is 0.619. The zero-order valence-electron chi connectivity index (χ0n) is 38.7. The van der Waals surface area contributed by atoms with Crippen LogP contribution in [0.2, 0.25) is 0 Å². The van der Waals surface area contributed by atoms with Crippen molar-refractivity contribution >= 4 is 35.6 Å². The van der Waals surface area contributed by atoms with Gasteiger partial charge in [-0.15, -0.1) is 0 Å². The van der Waals surface area contributed by atoms with Gasteiger partial charge in [0.25, 0.3) is 0 Å². The van der Waals surface area contributed by atoms with Crippen LogP contribution in [0.3, 0.4) is 0 Å². The Hall–Kier alpha value is -3.52. The second-order valence-electron chi connectivity index (χ2n) is 20.4. The van der Waals surface area contributed by atoms with E-state index in [1.165, 1.54) is 64.2 Å². The zero-order chi connectivity index (χ0) is 45.5. The number of amides is 3. The summed E-state index contributed by atoms with van der Waals surface area (Å²) in [5.41, 5.74) is 2.57. The van der Waals surface area contributed by atoms with Crippen molar-refractivity contribution in [2.45, 2.75) is 169 Å². The number of carboxylic acid groups (broad SMARTS) is 3. The van der Waals surface area contributed by atoms with Gasteiger partial charge < -0.3 is 41.5 Å². The molecular weight excluding hydrogens is 791 g/mol. The molecule has 0 radical (unpaired) electrons. The first-order valence-electron chi connectivity index (χ1n) is 24.2. The van der Waals surface area contributed by atoms with Crippen molar-refractivity contribution in [2.24, 2.45) is 46.3 Å². The first kappa shape index (κ1) is 51.1. The fourth-order valence-electron chi connectivity index (χ4n) is 12.4. The molecule has 3 saturated carbocycles. The molecule has 14 heteroatoms. The number of hydrogen-bond donors (Lipinski definition) is 8. The van der Waals surface area contributed by atoms with E-state index in [9.17, 15) is 33.9 Å². The predicted molar refractivity (Wildman–Crippen MR) is 238 cm³/mol. The lowest BCUT2D eigenvalue weighted by Gasteiger charge is -2.58. The first-order chi connectivity index (χ1) is 29.4. The number of quaternary nitrogens is 1. The van der Waals surface area contributed by atoms with Crippen molar-refractivity contribution in [1.29, 1.82) is 0 Å². The molecule has 0 saturated heterocycles. The molecule has 0 heterocycles. The topological polar surface area (TPSA) is 216 Å². The summed E-state index contributed by atoms with van der Waals surface area (Å²) in [7, 11) is 0. The smallest absolute Gasteiger partial charge is 0.362 e. The van der Waals surface area contributed by atoms with Crippen LogP contribution in [-0.2, 0) is 28.8 Å². The third-order valence-electron chi connectivity index (χ3n) is 15.7. The maximum absolute atomic E-state index is 12.4. The molecule has 0 aliphatic heterocycles. The number of hydrogen-bond acceptors (Lipinski definition) is 7. The van der Waals surface area contributed by atoms with Gasteiger partial charge in [0, 0.05) is 51.4 Å². The molecule has 4 aliphatic carbocycles. The molecule has 352 valence electrons. The van der Waals surface area contributed by atoms with Crippen molar-refractivity contribution in [1.82, 2.24) is 21.3 Å². The molecule has 0 spiro atoms. The predicted octanol–water partition coefficient (Wildman–Crippen LogP) is 4.96. The number of rotatable bonds is 28. The van der Waals surface area contributed by atoms with E-state index in [0.717, 1.165) is 61.3 Å². The number of nitrogens with one attached hydrogen (secondary N) is 5. The minimum Gasteiger partial charge on any atom is -0.477 e. The van der Waals surface area contributed by atoms with Gasteiger partial charge in [-0.05, 0) is 130 Å². The first-order valence-corrected chi connectivity index (χ1v) is 24.2. The molecule has 62 heavy (non-hydrogen) atoms. The summed E-state index contributed by atoms with van der Waals surface area (Å²) in [6.45, 7) is 12.8. The minimum atomic E-state index is -1.29. The number of allylic oxidation sites excluding steroid dienone is 1. The quantitative estimate of drug-likeness (QED) is 0.0391. The van der Waals surface area contributed by atoms with E-state index >= 15 is 0 Å². The van der Waals surface area contributed by atoms with Crippen LogP contribution in [0.1, 0.15) is 157 Å². The van der Waals surface area contributed by atoms with Crippen LogP contribution < -0.4 is 26.2 Å².